The molecule has 1 unspecified atom stereocenters. The monoisotopic (exact) mass is 214 g/mol. The third kappa shape index (κ3) is 2.73. The molecule has 0 aliphatic rings. The molecule has 0 aliphatic carbocycles. The van der Waals surface area contributed by atoms with Crippen molar-refractivity contribution in [2.45, 2.75) is 39.7 Å². The zero-order chi connectivity index (χ0) is 10.6. The molecule has 3 N–H and O–H groups in total. The number of hydrazine groups is 1. The first kappa shape index (κ1) is 11.6. The second-order valence-corrected chi connectivity index (χ2v) is 4.57. The number of aromatic nitrogens is 2. The Balaban J connectivity index is 2.77. The molecule has 0 radical (unpaired) electrons. The Kier molecular flexibility index (Phi) is 4.44. The number of nitrogens with one attached hydrogen (secondary N) is 1. The van der Waals surface area contributed by atoms with E-state index in [1.165, 1.54) is 16.4 Å². The van der Waals surface area contributed by atoms with Gasteiger partial charge in [0.25, 0.3) is 0 Å². The summed E-state index contributed by atoms with van der Waals surface area (Å²) in [7, 11) is 0. The molecule has 0 bridgehead atoms. The van der Waals surface area contributed by atoms with Gasteiger partial charge in [-0.1, -0.05) is 25.3 Å². The van der Waals surface area contributed by atoms with E-state index in [9.17, 15) is 0 Å². The van der Waals surface area contributed by atoms with Crippen LogP contribution in [0, 0.1) is 5.92 Å². The predicted molar refractivity (Wildman–Crippen MR) is 58.8 cm³/mol. The summed E-state index contributed by atoms with van der Waals surface area (Å²) in [6.45, 7) is 6.46. The van der Waals surface area contributed by atoms with Crippen LogP contribution in [0.1, 0.15) is 43.8 Å². The van der Waals surface area contributed by atoms with Gasteiger partial charge in [0.1, 0.15) is 0 Å². The first-order chi connectivity index (χ1) is 6.69. The molecule has 4 nitrogen and oxygen atoms in total. The molecule has 80 valence electrons. The van der Waals surface area contributed by atoms with Gasteiger partial charge in [-0.05, 0) is 30.3 Å². The predicted octanol–water partition coefficient (Wildman–Crippen LogP) is 1.65. The molecule has 1 atom stereocenters. The summed E-state index contributed by atoms with van der Waals surface area (Å²) in [5, 5.41) is 4.08. The van der Waals surface area contributed by atoms with E-state index in [4.69, 9.17) is 5.84 Å². The minimum absolute atomic E-state index is 0.199. The van der Waals surface area contributed by atoms with Crippen molar-refractivity contribution in [3.8, 4) is 0 Å². The average molecular weight is 214 g/mol. The molecule has 1 heterocycles. The van der Waals surface area contributed by atoms with Crippen molar-refractivity contribution in [3.63, 3.8) is 0 Å². The number of nitrogens with two attached hydrogens (primary N) is 1. The van der Waals surface area contributed by atoms with Crippen LogP contribution in [0.15, 0.2) is 0 Å². The normalized spacial score (nSPS) is 13.5. The van der Waals surface area contributed by atoms with Crippen LogP contribution in [-0.2, 0) is 6.42 Å². The Morgan fingerprint density at radius 2 is 2.21 bits per heavy atom. The molecule has 1 rings (SSSR count). The lowest BCUT2D eigenvalue weighted by Gasteiger charge is -2.16. The molecule has 0 aromatic carbocycles. The van der Waals surface area contributed by atoms with Gasteiger partial charge < -0.3 is 0 Å². The highest BCUT2D eigenvalue weighted by Crippen LogP contribution is 2.25. The molecular formula is C9H18N4S. The van der Waals surface area contributed by atoms with Crippen molar-refractivity contribution in [1.82, 2.24) is 15.0 Å². The molecule has 0 amide bonds. The Morgan fingerprint density at radius 1 is 1.50 bits per heavy atom. The SMILES string of the molecule is CCc1nnsc1C(CC(C)C)NN. The number of rotatable bonds is 5. The highest BCUT2D eigenvalue weighted by Gasteiger charge is 2.18. The maximum absolute atomic E-state index is 5.54. The van der Waals surface area contributed by atoms with E-state index in [-0.39, 0.29) is 6.04 Å². The van der Waals surface area contributed by atoms with E-state index in [0.29, 0.717) is 5.92 Å². The summed E-state index contributed by atoms with van der Waals surface area (Å²) >= 11 is 1.45. The molecule has 0 saturated heterocycles. The van der Waals surface area contributed by atoms with Gasteiger partial charge in [-0.25, -0.2) is 0 Å². The summed E-state index contributed by atoms with van der Waals surface area (Å²) in [5.74, 6) is 6.15. The quantitative estimate of drug-likeness (QED) is 0.578. The zero-order valence-corrected chi connectivity index (χ0v) is 9.77. The third-order valence-corrected chi connectivity index (χ3v) is 3.02. The molecule has 14 heavy (non-hydrogen) atoms. The lowest BCUT2D eigenvalue weighted by atomic mass is 10.0. The van der Waals surface area contributed by atoms with Crippen LogP contribution in [0.2, 0.25) is 0 Å². The van der Waals surface area contributed by atoms with E-state index < -0.39 is 0 Å². The van der Waals surface area contributed by atoms with E-state index in [1.807, 2.05) is 0 Å². The number of nitrogens with zero attached hydrogens (tertiary/aromatic N) is 2. The van der Waals surface area contributed by atoms with E-state index in [2.05, 4.69) is 35.8 Å². The lowest BCUT2D eigenvalue weighted by Crippen LogP contribution is -2.29. The summed E-state index contributed by atoms with van der Waals surface area (Å²) in [5.41, 5.74) is 3.91. The van der Waals surface area contributed by atoms with Crippen LogP contribution in [0.5, 0.6) is 0 Å². The molecular weight excluding hydrogens is 196 g/mol. The molecule has 0 saturated carbocycles. The maximum atomic E-state index is 5.54. The Bertz CT molecular complexity index is 272. The second kappa shape index (κ2) is 5.38. The van der Waals surface area contributed by atoms with Crippen molar-refractivity contribution in [2.24, 2.45) is 11.8 Å². The maximum Gasteiger partial charge on any atom is 0.0801 e. The molecule has 1 aromatic heterocycles. The standard InChI is InChI=1S/C9H18N4S/c1-4-7-9(14-13-12-7)8(11-10)5-6(2)3/h6,8,11H,4-5,10H2,1-3H3. The fourth-order valence-electron chi connectivity index (χ4n) is 1.45. The van der Waals surface area contributed by atoms with E-state index in [1.54, 1.807) is 0 Å². The van der Waals surface area contributed by atoms with Crippen molar-refractivity contribution in [1.29, 1.82) is 0 Å². The van der Waals surface area contributed by atoms with Gasteiger partial charge in [-0.3, -0.25) is 11.3 Å². The van der Waals surface area contributed by atoms with Gasteiger partial charge in [0.2, 0.25) is 0 Å². The topological polar surface area (TPSA) is 63.8 Å². The van der Waals surface area contributed by atoms with Crippen molar-refractivity contribution >= 4 is 11.5 Å². The molecule has 5 heteroatoms. The van der Waals surface area contributed by atoms with Gasteiger partial charge in [0, 0.05) is 0 Å². The average Bonchev–Trinajstić information content (AvgIpc) is 2.61. The van der Waals surface area contributed by atoms with Crippen LogP contribution in [-0.4, -0.2) is 9.59 Å². The number of hydrogen-bond acceptors (Lipinski definition) is 5. The van der Waals surface area contributed by atoms with Crippen LogP contribution in [0.3, 0.4) is 0 Å². The highest BCUT2D eigenvalue weighted by molar-refractivity contribution is 7.05. The van der Waals surface area contributed by atoms with E-state index in [0.717, 1.165) is 18.5 Å². The largest absolute Gasteiger partial charge is 0.271 e. The van der Waals surface area contributed by atoms with E-state index >= 15 is 0 Å². The molecule has 0 fully saturated rings. The zero-order valence-electron chi connectivity index (χ0n) is 8.95. The van der Waals surface area contributed by atoms with Gasteiger partial charge in [-0.2, -0.15) is 0 Å². The minimum Gasteiger partial charge on any atom is -0.271 e. The van der Waals surface area contributed by atoms with Crippen LogP contribution >= 0.6 is 11.5 Å². The molecule has 0 spiro atoms. The van der Waals surface area contributed by atoms with Crippen LogP contribution in [0.4, 0.5) is 0 Å². The van der Waals surface area contributed by atoms with Gasteiger partial charge in [-0.15, -0.1) is 5.10 Å². The Labute approximate surface area is 89.0 Å². The Morgan fingerprint density at radius 3 is 2.71 bits per heavy atom. The summed E-state index contributed by atoms with van der Waals surface area (Å²) in [6, 6.07) is 0.199. The summed E-state index contributed by atoms with van der Waals surface area (Å²) in [6.07, 6.45) is 1.94. The smallest absolute Gasteiger partial charge is 0.0801 e. The van der Waals surface area contributed by atoms with Gasteiger partial charge in [0.15, 0.2) is 0 Å². The summed E-state index contributed by atoms with van der Waals surface area (Å²) in [4.78, 5) is 1.18. The highest BCUT2D eigenvalue weighted by atomic mass is 32.1. The number of hydrogen-bond donors (Lipinski definition) is 2. The van der Waals surface area contributed by atoms with Gasteiger partial charge in [0.05, 0.1) is 16.6 Å². The third-order valence-electron chi connectivity index (χ3n) is 2.14. The second-order valence-electron chi connectivity index (χ2n) is 3.79. The Hall–Kier alpha value is -0.520. The first-order valence-electron chi connectivity index (χ1n) is 4.96. The fourth-order valence-corrected chi connectivity index (χ4v) is 2.26. The summed E-state index contributed by atoms with van der Waals surface area (Å²) < 4.78 is 3.97. The van der Waals surface area contributed by atoms with Crippen LogP contribution in [0.25, 0.3) is 0 Å². The molecule has 1 aromatic rings. The fraction of sp³-hybridized carbons (Fsp3) is 0.778. The van der Waals surface area contributed by atoms with Crippen molar-refractivity contribution < 1.29 is 0 Å². The lowest BCUT2D eigenvalue weighted by molar-refractivity contribution is 0.440. The number of aryl methyl sites for hydroxylation is 1. The van der Waals surface area contributed by atoms with Crippen molar-refractivity contribution in [3.05, 3.63) is 10.6 Å². The van der Waals surface area contributed by atoms with Gasteiger partial charge >= 0.3 is 0 Å². The van der Waals surface area contributed by atoms with Crippen molar-refractivity contribution in [2.75, 3.05) is 0 Å². The first-order valence-corrected chi connectivity index (χ1v) is 5.73. The minimum atomic E-state index is 0.199. The van der Waals surface area contributed by atoms with Crippen LogP contribution < -0.4 is 11.3 Å². The molecule has 0 aliphatic heterocycles.